The van der Waals surface area contributed by atoms with Gasteiger partial charge in [0.1, 0.15) is 17.1 Å². The standard InChI is InChI=1S/C19H21FN2O4/c1-10-3-5-14(18(24)21-10)19(25)22-17(11-7-13(23)8-11)15-9-12(20)4-6-16(15)26-2/h3-6,9,11,13,17,23H,7-8H2,1-2H3,(H,21,24)(H,22,25). The summed E-state index contributed by atoms with van der Waals surface area (Å²) in [7, 11) is 1.47. The number of aromatic nitrogens is 1. The largest absolute Gasteiger partial charge is 0.496 e. The van der Waals surface area contributed by atoms with Gasteiger partial charge in [-0.1, -0.05) is 0 Å². The molecule has 7 heteroatoms. The van der Waals surface area contributed by atoms with Crippen molar-refractivity contribution in [2.24, 2.45) is 5.92 Å². The van der Waals surface area contributed by atoms with Crippen LogP contribution in [0.1, 0.15) is 40.5 Å². The van der Waals surface area contributed by atoms with E-state index in [0.29, 0.717) is 29.8 Å². The van der Waals surface area contributed by atoms with Gasteiger partial charge in [0.2, 0.25) is 0 Å². The van der Waals surface area contributed by atoms with E-state index < -0.39 is 29.4 Å². The van der Waals surface area contributed by atoms with E-state index in [-0.39, 0.29) is 11.5 Å². The number of aryl methyl sites for hydroxylation is 1. The van der Waals surface area contributed by atoms with Gasteiger partial charge in [-0.3, -0.25) is 9.59 Å². The first kappa shape index (κ1) is 18.1. The first-order valence-electron chi connectivity index (χ1n) is 8.41. The van der Waals surface area contributed by atoms with E-state index in [2.05, 4.69) is 10.3 Å². The Morgan fingerprint density at radius 1 is 1.35 bits per heavy atom. The minimum atomic E-state index is -0.572. The Bertz CT molecular complexity index is 874. The number of ether oxygens (including phenoxy) is 1. The summed E-state index contributed by atoms with van der Waals surface area (Å²) in [6.07, 6.45) is 0.519. The molecule has 3 N–H and O–H groups in total. The molecule has 0 bridgehead atoms. The van der Waals surface area contributed by atoms with Crippen molar-refractivity contribution >= 4 is 5.91 Å². The first-order valence-corrected chi connectivity index (χ1v) is 8.41. The van der Waals surface area contributed by atoms with Crippen LogP contribution < -0.4 is 15.6 Å². The van der Waals surface area contributed by atoms with Crippen LogP contribution >= 0.6 is 0 Å². The van der Waals surface area contributed by atoms with Gasteiger partial charge in [-0.05, 0) is 56.0 Å². The van der Waals surface area contributed by atoms with Gasteiger partial charge in [0.25, 0.3) is 11.5 Å². The number of benzene rings is 1. The van der Waals surface area contributed by atoms with Crippen LogP contribution in [0.15, 0.2) is 35.1 Å². The number of H-pyrrole nitrogens is 1. The molecule has 1 aliphatic carbocycles. The topological polar surface area (TPSA) is 91.4 Å². The summed E-state index contributed by atoms with van der Waals surface area (Å²) < 4.78 is 19.1. The summed E-state index contributed by atoms with van der Waals surface area (Å²) >= 11 is 0. The third kappa shape index (κ3) is 3.62. The molecule has 1 aliphatic rings. The molecular weight excluding hydrogens is 339 g/mol. The molecule has 0 radical (unpaired) electrons. The number of halogens is 1. The second kappa shape index (κ2) is 7.29. The first-order chi connectivity index (χ1) is 12.4. The van der Waals surface area contributed by atoms with Crippen molar-refractivity contribution < 1.29 is 19.0 Å². The number of aliphatic hydroxyl groups is 1. The van der Waals surface area contributed by atoms with Gasteiger partial charge in [0.15, 0.2) is 0 Å². The molecule has 1 fully saturated rings. The summed E-state index contributed by atoms with van der Waals surface area (Å²) in [5.74, 6) is -0.637. The van der Waals surface area contributed by atoms with Crippen LogP contribution in [-0.2, 0) is 0 Å². The van der Waals surface area contributed by atoms with E-state index in [1.54, 1.807) is 13.0 Å². The van der Waals surface area contributed by atoms with Crippen molar-refractivity contribution in [1.82, 2.24) is 10.3 Å². The number of pyridine rings is 1. The van der Waals surface area contributed by atoms with Gasteiger partial charge in [-0.25, -0.2) is 4.39 Å². The van der Waals surface area contributed by atoms with E-state index in [1.807, 2.05) is 0 Å². The zero-order chi connectivity index (χ0) is 18.8. The lowest BCUT2D eigenvalue weighted by Crippen LogP contribution is -2.42. The van der Waals surface area contributed by atoms with Crippen LogP contribution in [0.2, 0.25) is 0 Å². The lowest BCUT2D eigenvalue weighted by atomic mass is 9.74. The Kier molecular flexibility index (Phi) is 5.08. The third-order valence-electron chi connectivity index (χ3n) is 4.73. The summed E-state index contributed by atoms with van der Waals surface area (Å²) in [6, 6.07) is 6.62. The molecule has 3 rings (SSSR count). The minimum absolute atomic E-state index is 0.0177. The smallest absolute Gasteiger partial charge is 0.260 e. The molecule has 1 aromatic heterocycles. The van der Waals surface area contributed by atoms with Crippen LogP contribution in [0.25, 0.3) is 0 Å². The Labute approximate surface area is 150 Å². The Morgan fingerprint density at radius 2 is 2.08 bits per heavy atom. The van der Waals surface area contributed by atoms with Crippen LogP contribution in [0.5, 0.6) is 5.75 Å². The molecule has 1 aromatic carbocycles. The van der Waals surface area contributed by atoms with E-state index in [4.69, 9.17) is 4.74 Å². The molecule has 1 atom stereocenters. The number of amides is 1. The molecule has 1 heterocycles. The average molecular weight is 360 g/mol. The zero-order valence-electron chi connectivity index (χ0n) is 14.6. The van der Waals surface area contributed by atoms with Gasteiger partial charge < -0.3 is 20.1 Å². The van der Waals surface area contributed by atoms with Crippen molar-refractivity contribution in [2.75, 3.05) is 7.11 Å². The molecule has 26 heavy (non-hydrogen) atoms. The van der Waals surface area contributed by atoms with Crippen molar-refractivity contribution in [3.05, 3.63) is 63.3 Å². The maximum atomic E-state index is 13.8. The van der Waals surface area contributed by atoms with Crippen LogP contribution in [0, 0.1) is 18.7 Å². The van der Waals surface area contributed by atoms with E-state index in [9.17, 15) is 19.1 Å². The number of aromatic amines is 1. The average Bonchev–Trinajstić information content (AvgIpc) is 2.57. The van der Waals surface area contributed by atoms with Crippen molar-refractivity contribution in [1.29, 1.82) is 0 Å². The van der Waals surface area contributed by atoms with E-state index in [0.717, 1.165) is 0 Å². The lowest BCUT2D eigenvalue weighted by molar-refractivity contribution is 0.0231. The Hall–Kier alpha value is -2.67. The van der Waals surface area contributed by atoms with Crippen LogP contribution in [-0.4, -0.2) is 29.2 Å². The molecule has 1 saturated carbocycles. The van der Waals surface area contributed by atoms with Crippen molar-refractivity contribution in [2.45, 2.75) is 31.9 Å². The predicted octanol–water partition coefficient (Wildman–Crippen LogP) is 2.07. The number of methoxy groups -OCH3 is 1. The van der Waals surface area contributed by atoms with Crippen LogP contribution in [0.4, 0.5) is 4.39 Å². The van der Waals surface area contributed by atoms with E-state index in [1.165, 1.54) is 31.4 Å². The lowest BCUT2D eigenvalue weighted by Gasteiger charge is -2.38. The highest BCUT2D eigenvalue weighted by Gasteiger charge is 2.37. The number of carbonyl (C=O) groups excluding carboxylic acids is 1. The summed E-state index contributed by atoms with van der Waals surface area (Å²) in [5.41, 5.74) is 0.634. The minimum Gasteiger partial charge on any atom is -0.496 e. The SMILES string of the molecule is COc1ccc(F)cc1C(NC(=O)c1ccc(C)[nH]c1=O)C1CC(O)C1. The molecule has 2 aromatic rings. The Balaban J connectivity index is 1.94. The molecule has 0 spiro atoms. The molecule has 0 aliphatic heterocycles. The second-order valence-electron chi connectivity index (χ2n) is 6.61. The monoisotopic (exact) mass is 360 g/mol. The predicted molar refractivity (Wildman–Crippen MR) is 93.7 cm³/mol. The molecule has 1 unspecified atom stereocenters. The number of hydrogen-bond donors (Lipinski definition) is 3. The fourth-order valence-electron chi connectivity index (χ4n) is 3.27. The van der Waals surface area contributed by atoms with Gasteiger partial charge in [-0.2, -0.15) is 0 Å². The normalized spacial score (nSPS) is 20.2. The molecule has 6 nitrogen and oxygen atoms in total. The molecular formula is C19H21FN2O4. The van der Waals surface area contributed by atoms with Gasteiger partial charge in [-0.15, -0.1) is 0 Å². The van der Waals surface area contributed by atoms with Gasteiger partial charge in [0, 0.05) is 11.3 Å². The maximum absolute atomic E-state index is 13.8. The number of nitrogens with one attached hydrogen (secondary N) is 2. The number of aliphatic hydroxyl groups excluding tert-OH is 1. The summed E-state index contributed by atoms with van der Waals surface area (Å²) in [5, 5.41) is 12.5. The zero-order valence-corrected chi connectivity index (χ0v) is 14.6. The molecule has 138 valence electrons. The van der Waals surface area contributed by atoms with Crippen LogP contribution in [0.3, 0.4) is 0 Å². The number of carbonyl (C=O) groups is 1. The fourth-order valence-corrected chi connectivity index (χ4v) is 3.27. The second-order valence-corrected chi connectivity index (χ2v) is 6.61. The third-order valence-corrected chi connectivity index (χ3v) is 4.73. The summed E-state index contributed by atoms with van der Waals surface area (Å²) in [4.78, 5) is 27.3. The number of hydrogen-bond acceptors (Lipinski definition) is 4. The van der Waals surface area contributed by atoms with Gasteiger partial charge in [0.05, 0.1) is 19.3 Å². The maximum Gasteiger partial charge on any atom is 0.260 e. The quantitative estimate of drug-likeness (QED) is 0.761. The molecule has 1 amide bonds. The van der Waals surface area contributed by atoms with Gasteiger partial charge >= 0.3 is 0 Å². The van der Waals surface area contributed by atoms with Crippen molar-refractivity contribution in [3.63, 3.8) is 0 Å². The summed E-state index contributed by atoms with van der Waals surface area (Å²) in [6.45, 7) is 1.72. The fraction of sp³-hybridized carbons (Fsp3) is 0.368. The number of rotatable bonds is 5. The van der Waals surface area contributed by atoms with E-state index >= 15 is 0 Å². The molecule has 0 saturated heterocycles. The highest BCUT2D eigenvalue weighted by Crippen LogP contribution is 2.41. The van der Waals surface area contributed by atoms with Crippen molar-refractivity contribution in [3.8, 4) is 5.75 Å². The highest BCUT2D eigenvalue weighted by atomic mass is 19.1. The Morgan fingerprint density at radius 3 is 2.69 bits per heavy atom. The highest BCUT2D eigenvalue weighted by molar-refractivity contribution is 5.94.